The number of hydrogen-bond acceptors (Lipinski definition) is 5. The lowest BCUT2D eigenvalue weighted by atomic mass is 10.2. The van der Waals surface area contributed by atoms with Crippen molar-refractivity contribution >= 4 is 39.4 Å². The zero-order chi connectivity index (χ0) is 12.4. The van der Waals surface area contributed by atoms with Crippen LogP contribution >= 0.6 is 11.3 Å². The molecule has 3 rings (SSSR count). The predicted octanol–water partition coefficient (Wildman–Crippen LogP) is 2.65. The maximum atomic E-state index is 5.52. The molecule has 6 heteroatoms. The lowest BCUT2D eigenvalue weighted by Gasteiger charge is -1.95. The van der Waals surface area contributed by atoms with Crippen LogP contribution in [-0.4, -0.2) is 16.2 Å². The van der Waals surface area contributed by atoms with Gasteiger partial charge in [-0.2, -0.15) is 5.10 Å². The van der Waals surface area contributed by atoms with Gasteiger partial charge in [0, 0.05) is 17.1 Å². The summed E-state index contributed by atoms with van der Waals surface area (Å²) in [5, 5.41) is 7.76. The second-order valence-electron chi connectivity index (χ2n) is 3.77. The minimum absolute atomic E-state index is 0.505. The molecule has 2 aromatic heterocycles. The standard InChI is InChI=1S/C12H11N5S/c13-11-7-18-12(16-11)17-15-6-8-1-2-9-3-4-14-10(9)5-8/h1-7,14H,13H2,(H,16,17). The van der Waals surface area contributed by atoms with Crippen molar-refractivity contribution < 1.29 is 0 Å². The average Bonchev–Trinajstić information content (AvgIpc) is 2.97. The van der Waals surface area contributed by atoms with Crippen molar-refractivity contribution in [3.05, 3.63) is 41.4 Å². The molecular formula is C12H11N5S. The Bertz CT molecular complexity index is 697. The van der Waals surface area contributed by atoms with Gasteiger partial charge in [-0.25, -0.2) is 4.98 Å². The lowest BCUT2D eigenvalue weighted by molar-refractivity contribution is 1.29. The van der Waals surface area contributed by atoms with Crippen molar-refractivity contribution in [1.82, 2.24) is 9.97 Å². The number of nitrogens with one attached hydrogen (secondary N) is 2. The number of rotatable bonds is 3. The van der Waals surface area contributed by atoms with E-state index in [9.17, 15) is 0 Å². The number of hydrogen-bond donors (Lipinski definition) is 3. The third kappa shape index (κ3) is 2.18. The van der Waals surface area contributed by atoms with Gasteiger partial charge in [0.2, 0.25) is 5.13 Å². The Morgan fingerprint density at radius 3 is 3.17 bits per heavy atom. The Labute approximate surface area is 107 Å². The van der Waals surface area contributed by atoms with Gasteiger partial charge in [0.15, 0.2) is 0 Å². The second-order valence-corrected chi connectivity index (χ2v) is 4.63. The van der Waals surface area contributed by atoms with Crippen molar-refractivity contribution in [2.75, 3.05) is 11.2 Å². The van der Waals surface area contributed by atoms with Gasteiger partial charge in [-0.3, -0.25) is 5.43 Å². The van der Waals surface area contributed by atoms with E-state index in [1.54, 1.807) is 11.6 Å². The van der Waals surface area contributed by atoms with Crippen LogP contribution in [0, 0.1) is 0 Å². The van der Waals surface area contributed by atoms with E-state index in [1.807, 2.05) is 24.4 Å². The third-order valence-electron chi connectivity index (χ3n) is 2.47. The van der Waals surface area contributed by atoms with Crippen molar-refractivity contribution in [3.8, 4) is 0 Å². The van der Waals surface area contributed by atoms with Crippen molar-refractivity contribution in [1.29, 1.82) is 0 Å². The van der Waals surface area contributed by atoms with Crippen LogP contribution in [-0.2, 0) is 0 Å². The Morgan fingerprint density at radius 1 is 1.39 bits per heavy atom. The number of nitrogen functional groups attached to an aromatic ring is 1. The van der Waals surface area contributed by atoms with Crippen LogP contribution in [0.1, 0.15) is 5.56 Å². The van der Waals surface area contributed by atoms with E-state index in [-0.39, 0.29) is 0 Å². The van der Waals surface area contributed by atoms with Crippen molar-refractivity contribution in [3.63, 3.8) is 0 Å². The average molecular weight is 257 g/mol. The van der Waals surface area contributed by atoms with Gasteiger partial charge < -0.3 is 10.7 Å². The first-order valence-corrected chi connectivity index (χ1v) is 6.26. The largest absolute Gasteiger partial charge is 0.383 e. The Morgan fingerprint density at radius 2 is 2.33 bits per heavy atom. The number of anilines is 2. The summed E-state index contributed by atoms with van der Waals surface area (Å²) >= 11 is 1.42. The van der Waals surface area contributed by atoms with E-state index in [0.717, 1.165) is 11.1 Å². The summed E-state index contributed by atoms with van der Waals surface area (Å²) in [5.41, 5.74) is 10.5. The maximum absolute atomic E-state index is 5.52. The number of hydrazone groups is 1. The van der Waals surface area contributed by atoms with E-state index in [4.69, 9.17) is 5.73 Å². The number of thiazole rings is 1. The monoisotopic (exact) mass is 257 g/mol. The smallest absolute Gasteiger partial charge is 0.205 e. The molecule has 0 amide bonds. The first-order chi connectivity index (χ1) is 8.81. The van der Waals surface area contributed by atoms with Crippen LogP contribution in [0.25, 0.3) is 10.9 Å². The fraction of sp³-hybridized carbons (Fsp3) is 0. The molecule has 0 spiro atoms. The summed E-state index contributed by atoms with van der Waals surface area (Å²) in [7, 11) is 0. The molecule has 0 saturated heterocycles. The normalized spacial score (nSPS) is 11.3. The number of nitrogens with zero attached hydrogens (tertiary/aromatic N) is 2. The van der Waals surface area contributed by atoms with E-state index >= 15 is 0 Å². The van der Waals surface area contributed by atoms with Gasteiger partial charge in [0.1, 0.15) is 5.82 Å². The van der Waals surface area contributed by atoms with Crippen LogP contribution in [0.4, 0.5) is 10.9 Å². The van der Waals surface area contributed by atoms with Gasteiger partial charge in [-0.05, 0) is 23.1 Å². The molecule has 1 aromatic carbocycles. The van der Waals surface area contributed by atoms with Crippen LogP contribution < -0.4 is 11.2 Å². The van der Waals surface area contributed by atoms with E-state index < -0.39 is 0 Å². The number of nitrogens with two attached hydrogens (primary N) is 1. The van der Waals surface area contributed by atoms with Crippen LogP contribution in [0.15, 0.2) is 40.9 Å². The maximum Gasteiger partial charge on any atom is 0.205 e. The summed E-state index contributed by atoms with van der Waals surface area (Å²) in [6.07, 6.45) is 3.67. The molecule has 18 heavy (non-hydrogen) atoms. The van der Waals surface area contributed by atoms with Crippen molar-refractivity contribution in [2.45, 2.75) is 0 Å². The molecule has 0 atom stereocenters. The fourth-order valence-corrected chi connectivity index (χ4v) is 2.19. The van der Waals surface area contributed by atoms with Crippen molar-refractivity contribution in [2.24, 2.45) is 5.10 Å². The number of benzene rings is 1. The summed E-state index contributed by atoms with van der Waals surface area (Å²) in [5.74, 6) is 0.505. The van der Waals surface area contributed by atoms with Gasteiger partial charge in [0.25, 0.3) is 0 Å². The molecule has 90 valence electrons. The number of fused-ring (bicyclic) bond motifs is 1. The zero-order valence-electron chi connectivity index (χ0n) is 9.42. The Kier molecular flexibility index (Phi) is 2.70. The predicted molar refractivity (Wildman–Crippen MR) is 76.0 cm³/mol. The Balaban J connectivity index is 1.75. The van der Waals surface area contributed by atoms with E-state index in [0.29, 0.717) is 10.9 Å². The molecule has 3 aromatic rings. The van der Waals surface area contributed by atoms with E-state index in [1.165, 1.54) is 16.7 Å². The SMILES string of the molecule is Nc1csc(NN=Cc2ccc3cc[nH]c3c2)n1. The quantitative estimate of drug-likeness (QED) is 0.498. The third-order valence-corrected chi connectivity index (χ3v) is 3.24. The summed E-state index contributed by atoms with van der Waals surface area (Å²) in [6.45, 7) is 0. The molecule has 0 aliphatic carbocycles. The molecule has 2 heterocycles. The summed E-state index contributed by atoms with van der Waals surface area (Å²) in [6, 6.07) is 8.13. The van der Waals surface area contributed by atoms with Crippen LogP contribution in [0.3, 0.4) is 0 Å². The molecule has 0 fully saturated rings. The molecular weight excluding hydrogens is 246 g/mol. The minimum Gasteiger partial charge on any atom is -0.383 e. The Hall–Kier alpha value is -2.34. The molecule has 0 aliphatic heterocycles. The first-order valence-electron chi connectivity index (χ1n) is 5.38. The molecule has 4 N–H and O–H groups in total. The number of aromatic amines is 1. The van der Waals surface area contributed by atoms with Crippen LogP contribution in [0.5, 0.6) is 0 Å². The first kappa shape index (κ1) is 10.8. The highest BCUT2D eigenvalue weighted by Crippen LogP contribution is 2.16. The molecule has 0 aliphatic rings. The van der Waals surface area contributed by atoms with Crippen LogP contribution in [0.2, 0.25) is 0 Å². The highest BCUT2D eigenvalue weighted by molar-refractivity contribution is 7.14. The number of H-pyrrole nitrogens is 1. The van der Waals surface area contributed by atoms with Gasteiger partial charge in [-0.1, -0.05) is 12.1 Å². The molecule has 0 unspecified atom stereocenters. The van der Waals surface area contributed by atoms with Gasteiger partial charge in [0.05, 0.1) is 6.21 Å². The lowest BCUT2D eigenvalue weighted by Crippen LogP contribution is -1.91. The summed E-state index contributed by atoms with van der Waals surface area (Å²) < 4.78 is 0. The summed E-state index contributed by atoms with van der Waals surface area (Å²) in [4.78, 5) is 7.21. The number of aromatic nitrogens is 2. The van der Waals surface area contributed by atoms with Gasteiger partial charge >= 0.3 is 0 Å². The molecule has 5 nitrogen and oxygen atoms in total. The topological polar surface area (TPSA) is 79.1 Å². The zero-order valence-corrected chi connectivity index (χ0v) is 10.2. The molecule has 0 saturated carbocycles. The highest BCUT2D eigenvalue weighted by atomic mass is 32.1. The highest BCUT2D eigenvalue weighted by Gasteiger charge is 1.96. The minimum atomic E-state index is 0.505. The fourth-order valence-electron chi connectivity index (χ4n) is 1.65. The second kappa shape index (κ2) is 4.50. The van der Waals surface area contributed by atoms with E-state index in [2.05, 4.69) is 26.6 Å². The molecule has 0 radical (unpaired) electrons. The molecule has 0 bridgehead atoms. The van der Waals surface area contributed by atoms with Gasteiger partial charge in [-0.15, -0.1) is 11.3 Å².